The molecule has 124 valence electrons. The lowest BCUT2D eigenvalue weighted by Gasteiger charge is -2.22. The predicted octanol–water partition coefficient (Wildman–Crippen LogP) is 0.941. The molecule has 24 heavy (non-hydrogen) atoms. The Morgan fingerprint density at radius 1 is 1.38 bits per heavy atom. The van der Waals surface area contributed by atoms with Gasteiger partial charge in [-0.1, -0.05) is 18.2 Å². The number of esters is 1. The number of nitrogens with zero attached hydrogens (tertiary/aromatic N) is 4. The van der Waals surface area contributed by atoms with Crippen molar-refractivity contribution >= 4 is 29.2 Å². The van der Waals surface area contributed by atoms with Gasteiger partial charge in [0.15, 0.2) is 0 Å². The summed E-state index contributed by atoms with van der Waals surface area (Å²) in [6.45, 7) is 1.97. The number of benzene rings is 1. The van der Waals surface area contributed by atoms with E-state index in [2.05, 4.69) is 25.6 Å². The normalized spacial score (nSPS) is 16.6. The van der Waals surface area contributed by atoms with Crippen LogP contribution >= 0.6 is 0 Å². The quantitative estimate of drug-likeness (QED) is 0.790. The number of aromatic amines is 1. The highest BCUT2D eigenvalue weighted by Gasteiger charge is 2.37. The van der Waals surface area contributed by atoms with Gasteiger partial charge < -0.3 is 4.74 Å². The zero-order valence-corrected chi connectivity index (χ0v) is 13.0. The highest BCUT2D eigenvalue weighted by Crippen LogP contribution is 2.25. The average Bonchev–Trinajstić information content (AvgIpc) is 3.25. The molecule has 1 aliphatic rings. The first-order chi connectivity index (χ1) is 11.7. The summed E-state index contributed by atoms with van der Waals surface area (Å²) in [4.78, 5) is 28.4. The molecular weight excluding hydrogens is 312 g/mol. The van der Waals surface area contributed by atoms with Crippen LogP contribution in [0.3, 0.4) is 0 Å². The van der Waals surface area contributed by atoms with E-state index in [9.17, 15) is 9.59 Å². The van der Waals surface area contributed by atoms with Crippen molar-refractivity contribution in [3.63, 3.8) is 0 Å². The Morgan fingerprint density at radius 2 is 2.17 bits per heavy atom. The van der Waals surface area contributed by atoms with E-state index in [1.165, 1.54) is 11.3 Å². The molecule has 9 nitrogen and oxygen atoms in total. The number of H-pyrrole nitrogens is 1. The Bertz CT molecular complexity index is 744. The van der Waals surface area contributed by atoms with Crippen LogP contribution < -0.4 is 10.3 Å². The zero-order chi connectivity index (χ0) is 16.9. The number of aromatic nitrogens is 3. The number of rotatable bonds is 5. The highest BCUT2D eigenvalue weighted by molar-refractivity contribution is 6.38. The number of ether oxygens (including phenoxy) is 1. The first-order valence-electron chi connectivity index (χ1n) is 7.44. The molecular formula is C15H16N6O3. The average molecular weight is 328 g/mol. The van der Waals surface area contributed by atoms with Crippen molar-refractivity contribution in [1.29, 1.82) is 0 Å². The molecule has 0 unspecified atom stereocenters. The van der Waals surface area contributed by atoms with Gasteiger partial charge in [0.05, 0.1) is 12.3 Å². The number of hydrazone groups is 1. The van der Waals surface area contributed by atoms with Gasteiger partial charge in [0.25, 0.3) is 5.91 Å². The fourth-order valence-corrected chi connectivity index (χ4v) is 2.34. The van der Waals surface area contributed by atoms with Gasteiger partial charge in [0.2, 0.25) is 5.95 Å². The second-order valence-corrected chi connectivity index (χ2v) is 4.99. The predicted molar refractivity (Wildman–Crippen MR) is 86.4 cm³/mol. The number of anilines is 2. The third kappa shape index (κ3) is 3.24. The molecule has 2 aromatic rings. The largest absolute Gasteiger partial charge is 0.461 e. The summed E-state index contributed by atoms with van der Waals surface area (Å²) in [6, 6.07) is 8.46. The van der Waals surface area contributed by atoms with Crippen molar-refractivity contribution in [2.45, 2.75) is 19.4 Å². The molecule has 9 heteroatoms. The molecule has 0 bridgehead atoms. The zero-order valence-electron chi connectivity index (χ0n) is 13.0. The van der Waals surface area contributed by atoms with E-state index in [4.69, 9.17) is 4.74 Å². The van der Waals surface area contributed by atoms with Gasteiger partial charge in [-0.15, -0.1) is 0 Å². The number of carbonyl (C=O) groups is 2. The molecule has 2 heterocycles. The van der Waals surface area contributed by atoms with E-state index in [1.54, 1.807) is 6.92 Å². The lowest BCUT2D eigenvalue weighted by molar-refractivity contribution is -0.135. The van der Waals surface area contributed by atoms with Crippen LogP contribution in [0.1, 0.15) is 13.3 Å². The Kier molecular flexibility index (Phi) is 4.50. The molecule has 1 aromatic heterocycles. The van der Waals surface area contributed by atoms with Gasteiger partial charge in [-0.3, -0.25) is 15.1 Å². The highest BCUT2D eigenvalue weighted by atomic mass is 16.5. The lowest BCUT2D eigenvalue weighted by atomic mass is 10.1. The Labute approximate surface area is 137 Å². The van der Waals surface area contributed by atoms with Gasteiger partial charge in [-0.2, -0.15) is 15.2 Å². The van der Waals surface area contributed by atoms with Crippen molar-refractivity contribution in [3.8, 4) is 0 Å². The van der Waals surface area contributed by atoms with E-state index in [1.807, 2.05) is 30.3 Å². The minimum absolute atomic E-state index is 0.147. The fraction of sp³-hybridized carbons (Fsp3) is 0.267. The Morgan fingerprint density at radius 3 is 2.83 bits per heavy atom. The molecule has 0 aliphatic carbocycles. The summed E-state index contributed by atoms with van der Waals surface area (Å²) in [5.74, 6) is -0.635. The molecule has 1 aromatic carbocycles. The smallest absolute Gasteiger partial charge is 0.354 e. The Balaban J connectivity index is 1.84. The minimum atomic E-state index is -0.683. The molecule has 0 fully saturated rings. The number of nitrogens with one attached hydrogen (secondary N) is 2. The molecule has 2 N–H and O–H groups in total. The van der Waals surface area contributed by atoms with Crippen LogP contribution in [0.2, 0.25) is 0 Å². The molecule has 1 atom stereocenters. The summed E-state index contributed by atoms with van der Waals surface area (Å²) in [5.41, 5.74) is 0.910. The third-order valence-corrected chi connectivity index (χ3v) is 3.40. The minimum Gasteiger partial charge on any atom is -0.461 e. The molecule has 0 saturated carbocycles. The Hall–Kier alpha value is -3.23. The summed E-state index contributed by atoms with van der Waals surface area (Å²) in [7, 11) is 0. The maximum absolute atomic E-state index is 12.6. The van der Waals surface area contributed by atoms with Gasteiger partial charge in [0, 0.05) is 6.42 Å². The maximum atomic E-state index is 12.6. The van der Waals surface area contributed by atoms with Crippen LogP contribution in [-0.2, 0) is 14.3 Å². The molecule has 0 radical (unpaired) electrons. The van der Waals surface area contributed by atoms with Crippen molar-refractivity contribution in [2.24, 2.45) is 5.10 Å². The van der Waals surface area contributed by atoms with Crippen LogP contribution in [-0.4, -0.2) is 45.4 Å². The van der Waals surface area contributed by atoms with Crippen LogP contribution in [0.5, 0.6) is 0 Å². The third-order valence-electron chi connectivity index (χ3n) is 3.40. The van der Waals surface area contributed by atoms with Crippen LogP contribution in [0.4, 0.5) is 11.6 Å². The van der Waals surface area contributed by atoms with E-state index in [0.29, 0.717) is 5.69 Å². The summed E-state index contributed by atoms with van der Waals surface area (Å²) in [5, 5.41) is 14.6. The monoisotopic (exact) mass is 328 g/mol. The number of hydrogen-bond donors (Lipinski definition) is 2. The molecule has 1 aliphatic heterocycles. The number of para-hydroxylation sites is 1. The summed E-state index contributed by atoms with van der Waals surface area (Å²) < 4.78 is 4.99. The first-order valence-corrected chi connectivity index (χ1v) is 7.44. The number of hydrogen-bond acceptors (Lipinski definition) is 7. The molecule has 1 amide bonds. The first kappa shape index (κ1) is 15.7. The summed E-state index contributed by atoms with van der Waals surface area (Å²) >= 11 is 0. The van der Waals surface area contributed by atoms with E-state index >= 15 is 0 Å². The van der Waals surface area contributed by atoms with Crippen LogP contribution in [0, 0.1) is 0 Å². The number of carbonyl (C=O) groups excluding carboxylic acids is 2. The van der Waals surface area contributed by atoms with Crippen LogP contribution in [0.25, 0.3) is 0 Å². The van der Waals surface area contributed by atoms with E-state index in [-0.39, 0.29) is 30.6 Å². The summed E-state index contributed by atoms with van der Waals surface area (Å²) in [6.07, 6.45) is 1.44. The molecule has 3 rings (SSSR count). The van der Waals surface area contributed by atoms with Gasteiger partial charge in [0.1, 0.15) is 18.1 Å². The van der Waals surface area contributed by atoms with Crippen LogP contribution in [0.15, 0.2) is 41.8 Å². The topological polar surface area (TPSA) is 113 Å². The maximum Gasteiger partial charge on any atom is 0.354 e. The lowest BCUT2D eigenvalue weighted by Crippen LogP contribution is -2.39. The number of amides is 1. The standard InChI is InChI=1S/C15H16N6O3/c1-2-24-14(23)11-8-12(13(22)18-15-16-9-17-19-15)21(20-11)10-6-4-3-5-7-10/h3-7,9,12H,2,8H2,1H3,(H2,16,17,18,19,22)/t12-/m0/s1. The molecule has 0 spiro atoms. The van der Waals surface area contributed by atoms with Crippen molar-refractivity contribution in [1.82, 2.24) is 15.2 Å². The van der Waals surface area contributed by atoms with E-state index < -0.39 is 12.0 Å². The SMILES string of the molecule is CCOC(=O)C1=NN(c2ccccc2)[C@H](C(=O)Nc2ncn[nH]2)C1. The van der Waals surface area contributed by atoms with Gasteiger partial charge >= 0.3 is 5.97 Å². The fourth-order valence-electron chi connectivity index (χ4n) is 2.34. The van der Waals surface area contributed by atoms with Gasteiger partial charge in [-0.05, 0) is 19.1 Å². The second-order valence-electron chi connectivity index (χ2n) is 4.99. The second kappa shape index (κ2) is 6.90. The molecule has 0 saturated heterocycles. The van der Waals surface area contributed by atoms with Crippen molar-refractivity contribution < 1.29 is 14.3 Å². The van der Waals surface area contributed by atoms with E-state index in [0.717, 1.165) is 0 Å². The van der Waals surface area contributed by atoms with Gasteiger partial charge in [-0.25, -0.2) is 9.89 Å². The van der Waals surface area contributed by atoms with Crippen molar-refractivity contribution in [3.05, 3.63) is 36.7 Å². The van der Waals surface area contributed by atoms with Crippen molar-refractivity contribution in [2.75, 3.05) is 16.9 Å².